The lowest BCUT2D eigenvalue weighted by molar-refractivity contribution is -0.140. The Labute approximate surface area is 157 Å². The molecule has 0 spiro atoms. The number of carboxylic acid groups (broad SMARTS) is 1. The molecule has 0 aliphatic carbocycles. The van der Waals surface area contributed by atoms with Crippen molar-refractivity contribution in [2.24, 2.45) is 4.99 Å². The highest BCUT2D eigenvalue weighted by atomic mass is 35.5. The van der Waals surface area contributed by atoms with Crippen molar-refractivity contribution in [2.75, 3.05) is 0 Å². The summed E-state index contributed by atoms with van der Waals surface area (Å²) in [5.74, 6) is -2.14. The van der Waals surface area contributed by atoms with Crippen LogP contribution in [-0.4, -0.2) is 21.6 Å². The van der Waals surface area contributed by atoms with Gasteiger partial charge in [-0.1, -0.05) is 42.0 Å². The molecule has 0 aliphatic rings. The van der Waals surface area contributed by atoms with E-state index in [1.807, 2.05) is 0 Å². The number of carboxylic acids is 1. The van der Waals surface area contributed by atoms with Gasteiger partial charge < -0.3 is 9.67 Å². The molecule has 0 saturated carbocycles. The highest BCUT2D eigenvalue weighted by Crippen LogP contribution is 2.25. The molecule has 8 heteroatoms. The number of aromatic nitrogens is 1. The minimum atomic E-state index is -1.08. The fourth-order valence-electron chi connectivity index (χ4n) is 2.65. The van der Waals surface area contributed by atoms with Crippen LogP contribution in [0.5, 0.6) is 0 Å². The smallest absolute Gasteiger partial charge is 0.326 e. The van der Waals surface area contributed by atoms with Gasteiger partial charge in [0.1, 0.15) is 11.9 Å². The van der Waals surface area contributed by atoms with Gasteiger partial charge in [-0.2, -0.15) is 4.99 Å². The number of hydrogen-bond acceptors (Lipinski definition) is 3. The van der Waals surface area contributed by atoms with E-state index in [0.29, 0.717) is 10.5 Å². The number of rotatable bonds is 4. The Balaban J connectivity index is 2.26. The van der Waals surface area contributed by atoms with E-state index in [0.717, 1.165) is 11.3 Å². The number of hydrogen-bond donors (Lipinski definition) is 1. The molecule has 0 saturated heterocycles. The molecule has 0 radical (unpaired) electrons. The first kappa shape index (κ1) is 18.3. The summed E-state index contributed by atoms with van der Waals surface area (Å²) in [4.78, 5) is 28.3. The summed E-state index contributed by atoms with van der Waals surface area (Å²) in [6.07, 6.45) is 0.260. The van der Waals surface area contributed by atoms with Crippen molar-refractivity contribution in [1.29, 1.82) is 0 Å². The van der Waals surface area contributed by atoms with Crippen LogP contribution in [0.2, 0.25) is 5.02 Å². The third kappa shape index (κ3) is 3.40. The van der Waals surface area contributed by atoms with E-state index in [1.54, 1.807) is 31.2 Å². The molecule has 5 nitrogen and oxygen atoms in total. The molecule has 1 N–H and O–H groups in total. The van der Waals surface area contributed by atoms with E-state index in [-0.39, 0.29) is 21.5 Å². The first-order chi connectivity index (χ1) is 12.4. The third-order valence-corrected chi connectivity index (χ3v) is 5.17. The van der Waals surface area contributed by atoms with Crippen LogP contribution in [0.1, 0.15) is 29.7 Å². The summed E-state index contributed by atoms with van der Waals surface area (Å²) < 4.78 is 15.8. The molecule has 1 aromatic heterocycles. The molecule has 3 aromatic rings. The molecular weight excluding hydrogens is 379 g/mol. The topological polar surface area (TPSA) is 71.7 Å². The number of carbonyl (C=O) groups excluding carboxylic acids is 1. The molecule has 1 heterocycles. The molecule has 0 aliphatic heterocycles. The quantitative estimate of drug-likeness (QED) is 0.720. The van der Waals surface area contributed by atoms with Crippen molar-refractivity contribution >= 4 is 45.0 Å². The summed E-state index contributed by atoms with van der Waals surface area (Å²) in [7, 11) is 0. The van der Waals surface area contributed by atoms with Crippen LogP contribution >= 0.6 is 22.9 Å². The number of nitrogens with zero attached hydrogens (tertiary/aromatic N) is 2. The van der Waals surface area contributed by atoms with E-state index in [1.165, 1.54) is 22.8 Å². The Kier molecular flexibility index (Phi) is 5.20. The largest absolute Gasteiger partial charge is 0.480 e. The second-order valence-corrected chi connectivity index (χ2v) is 6.95. The molecule has 1 amide bonds. The van der Waals surface area contributed by atoms with Gasteiger partial charge in [-0.25, -0.2) is 9.18 Å². The maximum absolute atomic E-state index is 14.2. The van der Waals surface area contributed by atoms with Gasteiger partial charge in [0.05, 0.1) is 10.2 Å². The van der Waals surface area contributed by atoms with E-state index < -0.39 is 23.7 Å². The minimum absolute atomic E-state index is 0.129. The van der Waals surface area contributed by atoms with Crippen molar-refractivity contribution in [3.8, 4) is 0 Å². The highest BCUT2D eigenvalue weighted by Gasteiger charge is 2.23. The van der Waals surface area contributed by atoms with Crippen molar-refractivity contribution < 1.29 is 19.1 Å². The van der Waals surface area contributed by atoms with Crippen molar-refractivity contribution in [3.05, 3.63) is 63.7 Å². The average Bonchev–Trinajstić information content (AvgIpc) is 2.95. The maximum Gasteiger partial charge on any atom is 0.326 e. The van der Waals surface area contributed by atoms with Gasteiger partial charge in [0, 0.05) is 10.6 Å². The predicted molar refractivity (Wildman–Crippen MR) is 98.1 cm³/mol. The normalized spacial score (nSPS) is 13.1. The zero-order valence-electron chi connectivity index (χ0n) is 13.6. The van der Waals surface area contributed by atoms with Crippen molar-refractivity contribution in [2.45, 2.75) is 19.4 Å². The Morgan fingerprint density at radius 2 is 2.04 bits per heavy atom. The Morgan fingerprint density at radius 3 is 2.69 bits per heavy atom. The summed E-state index contributed by atoms with van der Waals surface area (Å²) in [5, 5.41) is 9.92. The highest BCUT2D eigenvalue weighted by molar-refractivity contribution is 7.16. The minimum Gasteiger partial charge on any atom is -0.480 e. The molecule has 1 unspecified atom stereocenters. The lowest BCUT2D eigenvalue weighted by Gasteiger charge is -2.13. The Hall–Kier alpha value is -2.51. The number of fused-ring (bicyclic) bond motifs is 1. The lowest BCUT2D eigenvalue weighted by atomic mass is 10.2. The van der Waals surface area contributed by atoms with Crippen LogP contribution in [0.15, 0.2) is 47.5 Å². The fraction of sp³-hybridized carbons (Fsp3) is 0.167. The molecule has 0 fully saturated rings. The van der Waals surface area contributed by atoms with Gasteiger partial charge in [-0.05, 0) is 36.8 Å². The van der Waals surface area contributed by atoms with E-state index >= 15 is 0 Å². The van der Waals surface area contributed by atoms with Crippen LogP contribution in [-0.2, 0) is 4.79 Å². The van der Waals surface area contributed by atoms with Crippen molar-refractivity contribution in [1.82, 2.24) is 4.57 Å². The van der Waals surface area contributed by atoms with Crippen molar-refractivity contribution in [3.63, 3.8) is 0 Å². The van der Waals surface area contributed by atoms with Gasteiger partial charge in [0.25, 0.3) is 5.91 Å². The third-order valence-electron chi connectivity index (χ3n) is 3.86. The number of aliphatic carboxylic acids is 1. The second kappa shape index (κ2) is 7.39. The Morgan fingerprint density at radius 1 is 1.31 bits per heavy atom. The Bertz CT molecular complexity index is 1070. The predicted octanol–water partition coefficient (Wildman–Crippen LogP) is 4.27. The van der Waals surface area contributed by atoms with Gasteiger partial charge in [0.2, 0.25) is 0 Å². The SMILES string of the molecule is CCC(C(=O)O)n1/c(=N/C(=O)c2cccc(Cl)c2)sc2c(F)cccc21. The average molecular weight is 393 g/mol. The zero-order valence-corrected chi connectivity index (χ0v) is 15.2. The van der Waals surface area contributed by atoms with E-state index in [4.69, 9.17) is 11.6 Å². The molecule has 26 heavy (non-hydrogen) atoms. The van der Waals surface area contributed by atoms with Crippen LogP contribution in [0.25, 0.3) is 10.2 Å². The monoisotopic (exact) mass is 392 g/mol. The van der Waals surface area contributed by atoms with Crippen LogP contribution < -0.4 is 4.80 Å². The molecule has 3 rings (SSSR count). The van der Waals surface area contributed by atoms with Crippen LogP contribution in [0, 0.1) is 5.82 Å². The second-order valence-electron chi connectivity index (χ2n) is 5.53. The van der Waals surface area contributed by atoms with E-state index in [9.17, 15) is 19.1 Å². The maximum atomic E-state index is 14.2. The number of amides is 1. The molecule has 1 atom stereocenters. The summed E-state index contributed by atoms with van der Waals surface area (Å²) in [6, 6.07) is 9.72. The van der Waals surface area contributed by atoms with Gasteiger partial charge in [-0.3, -0.25) is 4.79 Å². The molecular formula is C18H14ClFN2O3S. The fourth-order valence-corrected chi connectivity index (χ4v) is 3.91. The first-order valence-electron chi connectivity index (χ1n) is 7.79. The molecule has 0 bridgehead atoms. The molecule has 134 valence electrons. The molecule has 2 aromatic carbocycles. The summed E-state index contributed by atoms with van der Waals surface area (Å²) in [5.41, 5.74) is 0.659. The number of halogens is 2. The number of thiazole rings is 1. The van der Waals surface area contributed by atoms with Gasteiger partial charge >= 0.3 is 5.97 Å². The number of carbonyl (C=O) groups is 2. The lowest BCUT2D eigenvalue weighted by Crippen LogP contribution is -2.27. The standard InChI is InChI=1S/C18H14ClFN2O3S/c1-2-13(17(24)25)22-14-8-4-7-12(20)15(14)26-18(22)21-16(23)10-5-3-6-11(19)9-10/h3-9,13H,2H2,1H3,(H,24,25)/b21-18-. The van der Waals surface area contributed by atoms with E-state index in [2.05, 4.69) is 4.99 Å². The summed E-state index contributed by atoms with van der Waals surface area (Å²) in [6.45, 7) is 1.71. The number of benzene rings is 2. The van der Waals surface area contributed by atoms with Crippen LogP contribution in [0.3, 0.4) is 0 Å². The zero-order chi connectivity index (χ0) is 18.8. The first-order valence-corrected chi connectivity index (χ1v) is 8.98. The van der Waals surface area contributed by atoms with Gasteiger partial charge in [-0.15, -0.1) is 0 Å². The van der Waals surface area contributed by atoms with Gasteiger partial charge in [0.15, 0.2) is 4.80 Å². The summed E-state index contributed by atoms with van der Waals surface area (Å²) >= 11 is 6.84. The van der Waals surface area contributed by atoms with Crippen LogP contribution in [0.4, 0.5) is 4.39 Å².